The Morgan fingerprint density at radius 1 is 1.22 bits per heavy atom. The standard InChI is InChI=1S/C11H17NO6/c1-16-7-8-17-6-2-3-11(15)18-12-9(13)4-5-10(12)14/h4-5,13-14H,2-3,6-8H2,1H3. The summed E-state index contributed by atoms with van der Waals surface area (Å²) in [5, 5.41) is 18.5. The molecule has 7 nitrogen and oxygen atoms in total. The summed E-state index contributed by atoms with van der Waals surface area (Å²) in [5.74, 6) is -1.23. The predicted octanol–water partition coefficient (Wildman–Crippen LogP) is 0.298. The van der Waals surface area contributed by atoms with Crippen LogP contribution in [0.3, 0.4) is 0 Å². The van der Waals surface area contributed by atoms with E-state index >= 15 is 0 Å². The quantitative estimate of drug-likeness (QED) is 0.652. The molecule has 0 spiro atoms. The molecule has 1 aromatic heterocycles. The van der Waals surface area contributed by atoms with Gasteiger partial charge in [-0.2, -0.15) is 0 Å². The molecule has 0 radical (unpaired) electrons. The lowest BCUT2D eigenvalue weighted by molar-refractivity contribution is -0.145. The number of ether oxygens (including phenoxy) is 2. The van der Waals surface area contributed by atoms with E-state index in [0.717, 1.165) is 0 Å². The Labute approximate surface area is 104 Å². The van der Waals surface area contributed by atoms with Crippen molar-refractivity contribution in [3.63, 3.8) is 0 Å². The van der Waals surface area contributed by atoms with Gasteiger partial charge in [-0.3, -0.25) is 0 Å². The molecule has 102 valence electrons. The summed E-state index contributed by atoms with van der Waals surface area (Å²) < 4.78 is 10.6. The van der Waals surface area contributed by atoms with Crippen LogP contribution in [0.2, 0.25) is 0 Å². The molecular formula is C11H17NO6. The first-order chi connectivity index (χ1) is 8.65. The monoisotopic (exact) mass is 259 g/mol. The fourth-order valence-electron chi connectivity index (χ4n) is 1.21. The second-order valence-electron chi connectivity index (χ2n) is 3.52. The van der Waals surface area contributed by atoms with Gasteiger partial charge in [-0.15, -0.1) is 4.73 Å². The zero-order valence-electron chi connectivity index (χ0n) is 10.2. The van der Waals surface area contributed by atoms with Crippen molar-refractivity contribution in [3.8, 4) is 11.8 Å². The van der Waals surface area contributed by atoms with Gasteiger partial charge in [-0.25, -0.2) is 4.79 Å². The average Bonchev–Trinajstić information content (AvgIpc) is 2.65. The van der Waals surface area contributed by atoms with Crippen LogP contribution in [0.15, 0.2) is 12.1 Å². The molecular weight excluding hydrogens is 242 g/mol. The van der Waals surface area contributed by atoms with Crippen LogP contribution < -0.4 is 4.84 Å². The third kappa shape index (κ3) is 4.64. The van der Waals surface area contributed by atoms with E-state index in [4.69, 9.17) is 14.3 Å². The first-order valence-corrected chi connectivity index (χ1v) is 5.52. The van der Waals surface area contributed by atoms with E-state index in [9.17, 15) is 15.0 Å². The topological polar surface area (TPSA) is 90.2 Å². The molecule has 1 aromatic rings. The number of nitrogens with zero attached hydrogens (tertiary/aromatic N) is 1. The maximum Gasteiger partial charge on any atom is 0.333 e. The summed E-state index contributed by atoms with van der Waals surface area (Å²) in [7, 11) is 1.58. The van der Waals surface area contributed by atoms with Gasteiger partial charge in [-0.05, 0) is 6.42 Å². The van der Waals surface area contributed by atoms with Crippen LogP contribution in [0.25, 0.3) is 0 Å². The summed E-state index contributed by atoms with van der Waals surface area (Å²) in [5.41, 5.74) is 0. The Hall–Kier alpha value is -1.73. The first-order valence-electron chi connectivity index (χ1n) is 5.52. The lowest BCUT2D eigenvalue weighted by atomic mass is 10.3. The summed E-state index contributed by atoms with van der Waals surface area (Å²) >= 11 is 0. The van der Waals surface area contributed by atoms with E-state index in [1.165, 1.54) is 12.1 Å². The molecule has 7 heteroatoms. The SMILES string of the molecule is COCCOCCCC(=O)On1c(O)ccc1O. The molecule has 0 aliphatic heterocycles. The van der Waals surface area contributed by atoms with Gasteiger partial charge >= 0.3 is 5.97 Å². The van der Waals surface area contributed by atoms with E-state index in [-0.39, 0.29) is 18.2 Å². The minimum Gasteiger partial charge on any atom is -0.492 e. The lowest BCUT2D eigenvalue weighted by Crippen LogP contribution is -2.19. The van der Waals surface area contributed by atoms with Crippen molar-refractivity contribution < 1.29 is 29.3 Å². The molecule has 0 bridgehead atoms. The van der Waals surface area contributed by atoms with Crippen molar-refractivity contribution in [1.82, 2.24) is 4.73 Å². The van der Waals surface area contributed by atoms with Crippen molar-refractivity contribution in [2.45, 2.75) is 12.8 Å². The van der Waals surface area contributed by atoms with E-state index in [0.29, 0.717) is 31.0 Å². The van der Waals surface area contributed by atoms with Crippen molar-refractivity contribution in [2.24, 2.45) is 0 Å². The number of carbonyl (C=O) groups excluding carboxylic acids is 1. The van der Waals surface area contributed by atoms with Crippen LogP contribution in [0.5, 0.6) is 11.8 Å². The van der Waals surface area contributed by atoms with Gasteiger partial charge in [-0.1, -0.05) is 0 Å². The summed E-state index contributed by atoms with van der Waals surface area (Å²) in [6, 6.07) is 2.44. The van der Waals surface area contributed by atoms with Crippen LogP contribution in [0.1, 0.15) is 12.8 Å². The highest BCUT2D eigenvalue weighted by atomic mass is 16.7. The van der Waals surface area contributed by atoms with E-state index in [1.54, 1.807) is 7.11 Å². The average molecular weight is 259 g/mol. The maximum atomic E-state index is 11.4. The van der Waals surface area contributed by atoms with Gasteiger partial charge in [0.1, 0.15) is 0 Å². The zero-order chi connectivity index (χ0) is 13.4. The minimum atomic E-state index is -0.563. The number of aromatic nitrogens is 1. The van der Waals surface area contributed by atoms with Crippen LogP contribution in [0.4, 0.5) is 0 Å². The lowest BCUT2D eigenvalue weighted by Gasteiger charge is -2.07. The number of methoxy groups -OCH3 is 1. The normalized spacial score (nSPS) is 10.5. The van der Waals surface area contributed by atoms with Gasteiger partial charge in [0.15, 0.2) is 0 Å². The molecule has 0 aromatic carbocycles. The molecule has 0 fully saturated rings. The maximum absolute atomic E-state index is 11.4. The van der Waals surface area contributed by atoms with Gasteiger partial charge in [0.05, 0.1) is 19.6 Å². The molecule has 0 unspecified atom stereocenters. The van der Waals surface area contributed by atoms with Gasteiger partial charge in [0.2, 0.25) is 11.8 Å². The molecule has 0 aliphatic carbocycles. The minimum absolute atomic E-state index is 0.129. The summed E-state index contributed by atoms with van der Waals surface area (Å²) in [6.45, 7) is 1.41. The van der Waals surface area contributed by atoms with Crippen LogP contribution in [-0.2, 0) is 14.3 Å². The number of aromatic hydroxyl groups is 2. The second kappa shape index (κ2) is 7.57. The largest absolute Gasteiger partial charge is 0.492 e. The van der Waals surface area contributed by atoms with Gasteiger partial charge in [0.25, 0.3) is 0 Å². The van der Waals surface area contributed by atoms with Crippen LogP contribution >= 0.6 is 0 Å². The Balaban J connectivity index is 2.18. The molecule has 0 saturated carbocycles. The second-order valence-corrected chi connectivity index (χ2v) is 3.52. The van der Waals surface area contributed by atoms with E-state index in [1.807, 2.05) is 0 Å². The Morgan fingerprint density at radius 3 is 2.50 bits per heavy atom. The summed E-state index contributed by atoms with van der Waals surface area (Å²) in [6.07, 6.45) is 0.620. The number of rotatable bonds is 8. The van der Waals surface area contributed by atoms with Crippen molar-refractivity contribution >= 4 is 5.97 Å². The third-order valence-corrected chi connectivity index (χ3v) is 2.09. The van der Waals surface area contributed by atoms with Crippen molar-refractivity contribution in [1.29, 1.82) is 0 Å². The van der Waals surface area contributed by atoms with E-state index in [2.05, 4.69) is 0 Å². The molecule has 18 heavy (non-hydrogen) atoms. The fraction of sp³-hybridized carbons (Fsp3) is 0.545. The number of hydrogen-bond acceptors (Lipinski definition) is 6. The van der Waals surface area contributed by atoms with Gasteiger partial charge in [0, 0.05) is 25.8 Å². The fourth-order valence-corrected chi connectivity index (χ4v) is 1.21. The van der Waals surface area contributed by atoms with Crippen LogP contribution in [-0.4, -0.2) is 47.8 Å². The predicted molar refractivity (Wildman–Crippen MR) is 61.3 cm³/mol. The first kappa shape index (κ1) is 14.3. The molecule has 1 rings (SSSR count). The molecule has 0 atom stereocenters. The molecule has 0 saturated heterocycles. The highest BCUT2D eigenvalue weighted by Gasteiger charge is 2.11. The molecule has 0 amide bonds. The Morgan fingerprint density at radius 2 is 1.89 bits per heavy atom. The number of hydrogen-bond donors (Lipinski definition) is 2. The highest BCUT2D eigenvalue weighted by molar-refractivity contribution is 5.69. The Kier molecular flexibility index (Phi) is 6.03. The molecule has 1 heterocycles. The summed E-state index contributed by atoms with van der Waals surface area (Å²) in [4.78, 5) is 16.1. The highest BCUT2D eigenvalue weighted by Crippen LogP contribution is 2.18. The van der Waals surface area contributed by atoms with E-state index < -0.39 is 5.97 Å². The Bertz CT molecular complexity index is 356. The van der Waals surface area contributed by atoms with Crippen molar-refractivity contribution in [2.75, 3.05) is 26.9 Å². The number of carbonyl (C=O) groups is 1. The molecule has 2 N–H and O–H groups in total. The smallest absolute Gasteiger partial charge is 0.333 e. The van der Waals surface area contributed by atoms with Crippen molar-refractivity contribution in [3.05, 3.63) is 12.1 Å². The molecule has 0 aliphatic rings. The van der Waals surface area contributed by atoms with Crippen LogP contribution in [0, 0.1) is 0 Å². The third-order valence-electron chi connectivity index (χ3n) is 2.09. The zero-order valence-corrected chi connectivity index (χ0v) is 10.2. The van der Waals surface area contributed by atoms with Gasteiger partial charge < -0.3 is 24.5 Å².